The molecule has 0 bridgehead atoms. The van der Waals surface area contributed by atoms with E-state index in [2.05, 4.69) is 15.3 Å². The van der Waals surface area contributed by atoms with Gasteiger partial charge in [0.2, 0.25) is 5.91 Å². The van der Waals surface area contributed by atoms with Crippen LogP contribution in [0.25, 0.3) is 0 Å². The van der Waals surface area contributed by atoms with Crippen LogP contribution >= 0.6 is 0 Å². The predicted octanol–water partition coefficient (Wildman–Crippen LogP) is 1.33. The molecule has 1 amide bonds. The summed E-state index contributed by atoms with van der Waals surface area (Å²) >= 11 is 0. The molecule has 10 heteroatoms. The van der Waals surface area contributed by atoms with Crippen LogP contribution in [0.3, 0.4) is 0 Å². The molecule has 1 heterocycles. The van der Waals surface area contributed by atoms with Gasteiger partial charge in [0, 0.05) is 19.0 Å². The number of nitrogens with one attached hydrogen (secondary N) is 2. The number of anilines is 1. The number of nitrogens with zero attached hydrogens (tertiary/aromatic N) is 1. The summed E-state index contributed by atoms with van der Waals surface area (Å²) in [5.41, 5.74) is 4.90. The number of ether oxygens (including phenoxy) is 1. The Kier molecular flexibility index (Phi) is 6.34. The number of hydrogen-bond donors (Lipinski definition) is 3. The summed E-state index contributed by atoms with van der Waals surface area (Å²) < 4.78 is 44.0. The van der Waals surface area contributed by atoms with Crippen molar-refractivity contribution < 1.29 is 22.7 Å². The van der Waals surface area contributed by atoms with Gasteiger partial charge in [-0.15, -0.1) is 0 Å². The van der Waals surface area contributed by atoms with Gasteiger partial charge in [0.15, 0.2) is 6.10 Å². The Morgan fingerprint density at radius 3 is 2.62 bits per heavy atom. The van der Waals surface area contributed by atoms with E-state index in [1.165, 1.54) is 24.3 Å². The number of aromatic nitrogens is 2. The van der Waals surface area contributed by atoms with Crippen molar-refractivity contribution in [3.05, 3.63) is 58.1 Å². The van der Waals surface area contributed by atoms with Gasteiger partial charge in [-0.3, -0.25) is 9.59 Å². The van der Waals surface area contributed by atoms with Crippen LogP contribution in [-0.2, 0) is 16.0 Å². The Bertz CT molecular complexity index is 793. The fourth-order valence-electron chi connectivity index (χ4n) is 2.18. The quantitative estimate of drug-likeness (QED) is 0.681. The van der Waals surface area contributed by atoms with Crippen LogP contribution in [0.5, 0.6) is 0 Å². The van der Waals surface area contributed by atoms with Crippen LogP contribution in [0.4, 0.5) is 19.0 Å². The van der Waals surface area contributed by atoms with Gasteiger partial charge in [0.1, 0.15) is 18.2 Å². The second kappa shape index (κ2) is 8.48. The number of amides is 1. The van der Waals surface area contributed by atoms with E-state index in [1.54, 1.807) is 6.07 Å². The lowest BCUT2D eigenvalue weighted by molar-refractivity contribution is -0.223. The molecule has 1 aromatic carbocycles. The Morgan fingerprint density at radius 1 is 1.31 bits per heavy atom. The molecule has 2 rings (SSSR count). The predicted molar refractivity (Wildman–Crippen MR) is 87.2 cm³/mol. The molecule has 0 saturated carbocycles. The summed E-state index contributed by atoms with van der Waals surface area (Å²) in [7, 11) is 0. The van der Waals surface area contributed by atoms with E-state index in [0.29, 0.717) is 0 Å². The minimum absolute atomic E-state index is 0.0364. The number of hydrogen-bond acceptors (Lipinski definition) is 5. The third-order valence-electron chi connectivity index (χ3n) is 3.28. The summed E-state index contributed by atoms with van der Waals surface area (Å²) in [6, 6.07) is 8.15. The zero-order chi connectivity index (χ0) is 19.2. The summed E-state index contributed by atoms with van der Waals surface area (Å²) in [6.45, 7) is -0.712. The van der Waals surface area contributed by atoms with Crippen LogP contribution in [0.1, 0.15) is 17.5 Å². The highest BCUT2D eigenvalue weighted by Gasteiger charge is 2.42. The lowest BCUT2D eigenvalue weighted by atomic mass is 10.1. The van der Waals surface area contributed by atoms with Crippen molar-refractivity contribution in [2.45, 2.75) is 18.7 Å². The highest BCUT2D eigenvalue weighted by molar-refractivity contribution is 5.77. The van der Waals surface area contributed by atoms with E-state index in [1.807, 2.05) is 0 Å². The molecule has 1 aromatic heterocycles. The van der Waals surface area contributed by atoms with E-state index in [9.17, 15) is 22.8 Å². The third-order valence-corrected chi connectivity index (χ3v) is 3.28. The number of rotatable bonds is 7. The first-order chi connectivity index (χ1) is 12.3. The van der Waals surface area contributed by atoms with E-state index in [-0.39, 0.29) is 30.2 Å². The van der Waals surface area contributed by atoms with Crippen molar-refractivity contribution in [2.75, 3.05) is 18.9 Å². The Balaban J connectivity index is 1.85. The van der Waals surface area contributed by atoms with Gasteiger partial charge in [0.25, 0.3) is 5.56 Å². The smallest absolute Gasteiger partial charge is 0.383 e. The number of halogens is 3. The maximum absolute atomic E-state index is 13.1. The van der Waals surface area contributed by atoms with Gasteiger partial charge in [-0.25, -0.2) is 4.98 Å². The largest absolute Gasteiger partial charge is 0.418 e. The normalized spacial score (nSPS) is 12.6. The number of nitrogens with two attached hydrogens (primary N) is 1. The maximum atomic E-state index is 13.1. The number of carbonyl (C=O) groups excluding carboxylic acids is 1. The minimum atomic E-state index is -4.65. The van der Waals surface area contributed by atoms with Crippen molar-refractivity contribution >= 4 is 11.7 Å². The lowest BCUT2D eigenvalue weighted by Gasteiger charge is -2.21. The van der Waals surface area contributed by atoms with Crippen LogP contribution in [0.15, 0.2) is 41.2 Å². The fraction of sp³-hybridized carbons (Fsp3) is 0.312. The summed E-state index contributed by atoms with van der Waals surface area (Å²) in [5.74, 6) is -0.426. The number of nitrogen functional groups attached to an aromatic ring is 1. The molecule has 0 saturated heterocycles. The SMILES string of the molecule is Nc1cc(=O)[nH]c(CCNC(=O)COC(c2ccccc2)C(F)(F)F)n1. The number of aromatic amines is 1. The number of H-pyrrole nitrogens is 1. The molecule has 0 spiro atoms. The van der Waals surface area contributed by atoms with Crippen LogP contribution in [0, 0.1) is 0 Å². The first-order valence-corrected chi connectivity index (χ1v) is 7.61. The molecular weight excluding hydrogens is 353 g/mol. The molecule has 26 heavy (non-hydrogen) atoms. The van der Waals surface area contributed by atoms with E-state index >= 15 is 0 Å². The van der Waals surface area contributed by atoms with Crippen LogP contribution in [-0.4, -0.2) is 35.2 Å². The molecule has 1 atom stereocenters. The van der Waals surface area contributed by atoms with Crippen LogP contribution < -0.4 is 16.6 Å². The van der Waals surface area contributed by atoms with Crippen molar-refractivity contribution in [3.63, 3.8) is 0 Å². The Morgan fingerprint density at radius 2 is 2.00 bits per heavy atom. The second-order valence-electron chi connectivity index (χ2n) is 5.36. The van der Waals surface area contributed by atoms with E-state index in [0.717, 1.165) is 6.07 Å². The molecule has 0 fully saturated rings. The van der Waals surface area contributed by atoms with Crippen molar-refractivity contribution in [2.24, 2.45) is 0 Å². The van der Waals surface area contributed by atoms with Crippen LogP contribution in [0.2, 0.25) is 0 Å². The lowest BCUT2D eigenvalue weighted by Crippen LogP contribution is -2.33. The van der Waals surface area contributed by atoms with E-state index in [4.69, 9.17) is 10.5 Å². The highest BCUT2D eigenvalue weighted by atomic mass is 19.4. The van der Waals surface area contributed by atoms with Crippen molar-refractivity contribution in [3.8, 4) is 0 Å². The van der Waals surface area contributed by atoms with Gasteiger partial charge in [0.05, 0.1) is 0 Å². The fourth-order valence-corrected chi connectivity index (χ4v) is 2.18. The standard InChI is InChI=1S/C16H17F3N4O3/c17-16(18,19)15(10-4-2-1-3-5-10)26-9-14(25)21-7-6-12-22-11(20)8-13(24)23-12/h1-5,8,15H,6-7,9H2,(H,21,25)(H3,20,22,23,24). The highest BCUT2D eigenvalue weighted by Crippen LogP contribution is 2.35. The zero-order valence-electron chi connectivity index (χ0n) is 13.5. The average molecular weight is 370 g/mol. The monoisotopic (exact) mass is 370 g/mol. The Labute approximate surface area is 146 Å². The summed E-state index contributed by atoms with van der Waals surface area (Å²) in [4.78, 5) is 29.2. The molecule has 4 N–H and O–H groups in total. The first-order valence-electron chi connectivity index (χ1n) is 7.61. The third kappa shape index (κ3) is 5.88. The summed E-state index contributed by atoms with van der Waals surface area (Å²) in [5, 5.41) is 2.39. The summed E-state index contributed by atoms with van der Waals surface area (Å²) in [6.07, 6.45) is -6.68. The molecule has 0 radical (unpaired) electrons. The van der Waals surface area contributed by atoms with Gasteiger partial charge in [-0.05, 0) is 5.56 Å². The molecule has 0 aliphatic rings. The molecular formula is C16H17F3N4O3. The second-order valence-corrected chi connectivity index (χ2v) is 5.36. The number of carbonyl (C=O) groups is 1. The number of benzene rings is 1. The molecule has 0 aliphatic carbocycles. The molecule has 0 aliphatic heterocycles. The van der Waals surface area contributed by atoms with Gasteiger partial charge >= 0.3 is 6.18 Å². The van der Waals surface area contributed by atoms with Crippen molar-refractivity contribution in [1.82, 2.24) is 15.3 Å². The van der Waals surface area contributed by atoms with Gasteiger partial charge in [-0.1, -0.05) is 30.3 Å². The molecule has 1 unspecified atom stereocenters. The number of alkyl halides is 3. The molecule has 2 aromatic rings. The average Bonchev–Trinajstić information content (AvgIpc) is 2.54. The van der Waals surface area contributed by atoms with Gasteiger partial charge in [-0.2, -0.15) is 13.2 Å². The first kappa shape index (κ1) is 19.4. The van der Waals surface area contributed by atoms with E-state index < -0.39 is 30.4 Å². The topological polar surface area (TPSA) is 110 Å². The molecule has 7 nitrogen and oxygen atoms in total. The zero-order valence-corrected chi connectivity index (χ0v) is 13.5. The van der Waals surface area contributed by atoms with Gasteiger partial charge < -0.3 is 20.8 Å². The Hall–Kier alpha value is -2.88. The minimum Gasteiger partial charge on any atom is -0.383 e. The maximum Gasteiger partial charge on any atom is 0.418 e. The van der Waals surface area contributed by atoms with Crippen molar-refractivity contribution in [1.29, 1.82) is 0 Å². The molecule has 140 valence electrons.